The van der Waals surface area contributed by atoms with Crippen molar-refractivity contribution in [3.8, 4) is 17.2 Å². The Morgan fingerprint density at radius 3 is 2.61 bits per heavy atom. The third-order valence-electron chi connectivity index (χ3n) is 3.61. The van der Waals surface area contributed by atoms with Crippen LogP contribution in [0.5, 0.6) is 17.2 Å². The van der Waals surface area contributed by atoms with Crippen LogP contribution in [-0.4, -0.2) is 37.4 Å². The molecule has 2 aromatic rings. The summed E-state index contributed by atoms with van der Waals surface area (Å²) in [5.74, 6) is 0.365. The molecule has 2 aromatic carbocycles. The maximum absolute atomic E-state index is 12.2. The number of hydrogen-bond acceptors (Lipinski definition) is 7. The molecule has 28 heavy (non-hydrogen) atoms. The molecule has 1 amide bonds. The van der Waals surface area contributed by atoms with Gasteiger partial charge in [-0.3, -0.25) is 19.7 Å². The molecule has 0 atom stereocenters. The van der Waals surface area contributed by atoms with Crippen molar-refractivity contribution in [3.05, 3.63) is 52.1 Å². The van der Waals surface area contributed by atoms with E-state index in [9.17, 15) is 19.7 Å². The van der Waals surface area contributed by atoms with E-state index in [-0.39, 0.29) is 35.0 Å². The summed E-state index contributed by atoms with van der Waals surface area (Å²) in [6, 6.07) is 8.55. The van der Waals surface area contributed by atoms with Crippen LogP contribution >= 0.6 is 0 Å². The Balaban J connectivity index is 2.06. The van der Waals surface area contributed by atoms with Gasteiger partial charge in [0.2, 0.25) is 0 Å². The fraction of sp³-hybridized carbons (Fsp3) is 0.263. The van der Waals surface area contributed by atoms with E-state index >= 15 is 0 Å². The van der Waals surface area contributed by atoms with Crippen molar-refractivity contribution < 1.29 is 28.7 Å². The number of rotatable bonds is 10. The van der Waals surface area contributed by atoms with Gasteiger partial charge in [-0.15, -0.1) is 0 Å². The second kappa shape index (κ2) is 9.91. The maximum Gasteiger partial charge on any atom is 0.273 e. The highest BCUT2D eigenvalue weighted by Crippen LogP contribution is 2.29. The molecule has 148 valence electrons. The van der Waals surface area contributed by atoms with Crippen LogP contribution in [0.1, 0.15) is 23.7 Å². The van der Waals surface area contributed by atoms with Crippen molar-refractivity contribution in [2.24, 2.45) is 0 Å². The lowest BCUT2D eigenvalue weighted by atomic mass is 10.2. The molecule has 9 nitrogen and oxygen atoms in total. The van der Waals surface area contributed by atoms with Crippen LogP contribution in [0.15, 0.2) is 36.4 Å². The van der Waals surface area contributed by atoms with Gasteiger partial charge in [-0.1, -0.05) is 6.92 Å². The van der Waals surface area contributed by atoms with E-state index in [1.54, 1.807) is 18.2 Å². The SMILES string of the molecule is CCCOc1ccc(C=O)c(OCC(=O)Nc2ccc([N+](=O)[O-])cc2OC)c1. The Bertz CT molecular complexity index is 867. The molecule has 0 aliphatic carbocycles. The van der Waals surface area contributed by atoms with Crippen molar-refractivity contribution in [2.45, 2.75) is 13.3 Å². The number of amides is 1. The van der Waals surface area contributed by atoms with Gasteiger partial charge in [-0.25, -0.2) is 0 Å². The van der Waals surface area contributed by atoms with Gasteiger partial charge in [-0.05, 0) is 24.6 Å². The second-order valence-electron chi connectivity index (χ2n) is 5.64. The van der Waals surface area contributed by atoms with Crippen LogP contribution in [0, 0.1) is 10.1 Å². The first-order valence-corrected chi connectivity index (χ1v) is 8.45. The van der Waals surface area contributed by atoms with Gasteiger partial charge in [-0.2, -0.15) is 0 Å². The van der Waals surface area contributed by atoms with Crippen LogP contribution < -0.4 is 19.5 Å². The van der Waals surface area contributed by atoms with E-state index in [1.807, 2.05) is 6.92 Å². The molecule has 0 aliphatic rings. The fourth-order valence-corrected chi connectivity index (χ4v) is 2.27. The molecule has 0 aromatic heterocycles. The van der Waals surface area contributed by atoms with Crippen LogP contribution in [0.25, 0.3) is 0 Å². The summed E-state index contributed by atoms with van der Waals surface area (Å²) < 4.78 is 16.0. The normalized spacial score (nSPS) is 10.1. The molecule has 0 heterocycles. The molecule has 0 spiro atoms. The molecule has 0 aliphatic heterocycles. The zero-order valence-electron chi connectivity index (χ0n) is 15.5. The highest BCUT2D eigenvalue weighted by Gasteiger charge is 2.14. The number of nitro groups is 1. The van der Waals surface area contributed by atoms with Gasteiger partial charge >= 0.3 is 0 Å². The average Bonchev–Trinajstić information content (AvgIpc) is 2.70. The van der Waals surface area contributed by atoms with Crippen molar-refractivity contribution in [2.75, 3.05) is 25.6 Å². The Labute approximate surface area is 161 Å². The van der Waals surface area contributed by atoms with E-state index in [1.165, 1.54) is 25.3 Å². The predicted molar refractivity (Wildman–Crippen MR) is 101 cm³/mol. The molecule has 0 fully saturated rings. The zero-order valence-corrected chi connectivity index (χ0v) is 15.5. The van der Waals surface area contributed by atoms with Gasteiger partial charge in [0.15, 0.2) is 12.9 Å². The number of nitrogens with zero attached hydrogens (tertiary/aromatic N) is 1. The van der Waals surface area contributed by atoms with Crippen LogP contribution in [0.2, 0.25) is 0 Å². The summed E-state index contributed by atoms with van der Waals surface area (Å²) in [5.41, 5.74) is 0.382. The van der Waals surface area contributed by atoms with Crippen molar-refractivity contribution in [1.29, 1.82) is 0 Å². The molecule has 9 heteroatoms. The Morgan fingerprint density at radius 1 is 1.18 bits per heavy atom. The molecule has 0 saturated heterocycles. The largest absolute Gasteiger partial charge is 0.494 e. The molecular weight excluding hydrogens is 368 g/mol. The summed E-state index contributed by atoms with van der Waals surface area (Å²) in [6.07, 6.45) is 1.45. The monoisotopic (exact) mass is 388 g/mol. The molecule has 2 rings (SSSR count). The number of hydrogen-bond donors (Lipinski definition) is 1. The summed E-state index contributed by atoms with van der Waals surface area (Å²) in [5, 5.41) is 13.4. The van der Waals surface area contributed by atoms with E-state index in [2.05, 4.69) is 5.32 Å². The van der Waals surface area contributed by atoms with Gasteiger partial charge in [0.1, 0.15) is 17.2 Å². The number of nitro benzene ring substituents is 1. The number of benzene rings is 2. The van der Waals surface area contributed by atoms with E-state index in [4.69, 9.17) is 14.2 Å². The number of carbonyl (C=O) groups is 2. The first kappa shape index (κ1) is 20.7. The lowest BCUT2D eigenvalue weighted by molar-refractivity contribution is -0.384. The zero-order chi connectivity index (χ0) is 20.5. The lowest BCUT2D eigenvalue weighted by Gasteiger charge is -2.12. The summed E-state index contributed by atoms with van der Waals surface area (Å²) in [7, 11) is 1.34. The van der Waals surface area contributed by atoms with E-state index in [0.717, 1.165) is 6.42 Å². The minimum atomic E-state index is -0.564. The summed E-state index contributed by atoms with van der Waals surface area (Å²) >= 11 is 0. The Morgan fingerprint density at radius 2 is 1.96 bits per heavy atom. The summed E-state index contributed by atoms with van der Waals surface area (Å²) in [4.78, 5) is 33.6. The third kappa shape index (κ3) is 5.44. The minimum Gasteiger partial charge on any atom is -0.494 e. The first-order valence-electron chi connectivity index (χ1n) is 8.45. The number of carbonyl (C=O) groups excluding carboxylic acids is 2. The third-order valence-corrected chi connectivity index (χ3v) is 3.61. The number of methoxy groups -OCH3 is 1. The Kier molecular flexibility index (Phi) is 7.32. The first-order chi connectivity index (χ1) is 13.5. The minimum absolute atomic E-state index is 0.145. The van der Waals surface area contributed by atoms with Gasteiger partial charge < -0.3 is 19.5 Å². The predicted octanol–water partition coefficient (Wildman–Crippen LogP) is 3.22. The molecular formula is C19H20N2O7. The van der Waals surface area contributed by atoms with Crippen molar-refractivity contribution in [3.63, 3.8) is 0 Å². The number of aldehydes is 1. The van der Waals surface area contributed by atoms with Crippen LogP contribution in [0.4, 0.5) is 11.4 Å². The highest BCUT2D eigenvalue weighted by atomic mass is 16.6. The lowest BCUT2D eigenvalue weighted by Crippen LogP contribution is -2.21. The molecule has 0 radical (unpaired) electrons. The van der Waals surface area contributed by atoms with E-state index in [0.29, 0.717) is 18.6 Å². The second-order valence-corrected chi connectivity index (χ2v) is 5.64. The van der Waals surface area contributed by atoms with E-state index < -0.39 is 10.8 Å². The molecule has 0 bridgehead atoms. The molecule has 0 saturated carbocycles. The standard InChI is InChI=1S/C19H20N2O7/c1-3-8-27-15-6-4-13(11-22)17(10-15)28-12-19(23)20-16-7-5-14(21(24)25)9-18(16)26-2/h4-7,9-11H,3,8,12H2,1-2H3,(H,20,23). The van der Waals surface area contributed by atoms with Crippen molar-refractivity contribution >= 4 is 23.6 Å². The van der Waals surface area contributed by atoms with Crippen LogP contribution in [-0.2, 0) is 4.79 Å². The smallest absolute Gasteiger partial charge is 0.273 e. The van der Waals surface area contributed by atoms with Crippen molar-refractivity contribution in [1.82, 2.24) is 0 Å². The number of nitrogens with one attached hydrogen (secondary N) is 1. The van der Waals surface area contributed by atoms with Gasteiger partial charge in [0.25, 0.3) is 11.6 Å². The fourth-order valence-electron chi connectivity index (χ4n) is 2.27. The average molecular weight is 388 g/mol. The molecule has 1 N–H and O–H groups in total. The van der Waals surface area contributed by atoms with Gasteiger partial charge in [0, 0.05) is 12.1 Å². The summed E-state index contributed by atoms with van der Waals surface area (Å²) in [6.45, 7) is 2.10. The number of anilines is 1. The number of non-ortho nitro benzene ring substituents is 1. The Hall–Kier alpha value is -3.62. The maximum atomic E-state index is 12.2. The topological polar surface area (TPSA) is 117 Å². The molecule has 0 unspecified atom stereocenters. The highest BCUT2D eigenvalue weighted by molar-refractivity contribution is 5.93. The van der Waals surface area contributed by atoms with Crippen LogP contribution in [0.3, 0.4) is 0 Å². The van der Waals surface area contributed by atoms with Gasteiger partial charge in [0.05, 0.1) is 36.0 Å². The number of ether oxygens (including phenoxy) is 3. The quantitative estimate of drug-likeness (QED) is 0.377.